The zero-order valence-corrected chi connectivity index (χ0v) is 6.23. The number of rotatable bonds is 0. The molecular formula is C8H6N4. The lowest BCUT2D eigenvalue weighted by Gasteiger charge is -1.93. The lowest BCUT2D eigenvalue weighted by atomic mass is 10.4. The third-order valence-electron chi connectivity index (χ3n) is 1.93. The van der Waals surface area contributed by atoms with Crippen LogP contribution in [0.4, 0.5) is 0 Å². The van der Waals surface area contributed by atoms with Gasteiger partial charge in [0, 0.05) is 12.3 Å². The predicted octanol–water partition coefficient (Wildman–Crippen LogP) is 1.21. The van der Waals surface area contributed by atoms with Crippen LogP contribution < -0.4 is 0 Å². The normalized spacial score (nSPS) is 11.3. The van der Waals surface area contributed by atoms with Crippen molar-refractivity contribution in [3.63, 3.8) is 0 Å². The molecule has 0 aliphatic heterocycles. The fourth-order valence-electron chi connectivity index (χ4n) is 1.37. The molecule has 0 aromatic carbocycles. The van der Waals surface area contributed by atoms with Crippen molar-refractivity contribution in [1.29, 1.82) is 0 Å². The predicted molar refractivity (Wildman–Crippen MR) is 44.8 cm³/mol. The number of aromatic nitrogens is 4. The molecule has 3 aromatic heterocycles. The van der Waals surface area contributed by atoms with Crippen molar-refractivity contribution in [3.8, 4) is 0 Å². The van der Waals surface area contributed by atoms with Gasteiger partial charge in [-0.15, -0.1) is 0 Å². The Bertz CT molecular complexity index is 484. The van der Waals surface area contributed by atoms with Gasteiger partial charge in [-0.3, -0.25) is 0 Å². The van der Waals surface area contributed by atoms with E-state index in [9.17, 15) is 0 Å². The van der Waals surface area contributed by atoms with Crippen LogP contribution in [0.5, 0.6) is 0 Å². The van der Waals surface area contributed by atoms with E-state index in [1.54, 1.807) is 6.20 Å². The maximum atomic E-state index is 4.21. The third-order valence-corrected chi connectivity index (χ3v) is 1.93. The Kier molecular flexibility index (Phi) is 0.889. The SMILES string of the molecule is c1cc2ncc3[nH]ccc3n2n1. The Morgan fingerprint density at radius 2 is 2.33 bits per heavy atom. The summed E-state index contributed by atoms with van der Waals surface area (Å²) < 4.78 is 1.81. The molecule has 0 fully saturated rings. The molecule has 0 bridgehead atoms. The maximum absolute atomic E-state index is 4.21. The van der Waals surface area contributed by atoms with E-state index in [1.807, 2.05) is 29.0 Å². The van der Waals surface area contributed by atoms with Crippen LogP contribution in [0.15, 0.2) is 30.7 Å². The van der Waals surface area contributed by atoms with Crippen molar-refractivity contribution in [2.75, 3.05) is 0 Å². The van der Waals surface area contributed by atoms with Crippen LogP contribution in [0.1, 0.15) is 0 Å². The smallest absolute Gasteiger partial charge is 0.155 e. The first-order valence-corrected chi connectivity index (χ1v) is 3.71. The number of fused-ring (bicyclic) bond motifs is 3. The Morgan fingerprint density at radius 3 is 3.33 bits per heavy atom. The summed E-state index contributed by atoms with van der Waals surface area (Å²) in [4.78, 5) is 7.29. The number of nitrogens with one attached hydrogen (secondary N) is 1. The molecule has 0 aliphatic rings. The third kappa shape index (κ3) is 0.567. The minimum Gasteiger partial charge on any atom is -0.359 e. The zero-order valence-electron chi connectivity index (χ0n) is 6.23. The lowest BCUT2D eigenvalue weighted by Crippen LogP contribution is -1.89. The van der Waals surface area contributed by atoms with E-state index in [1.165, 1.54) is 0 Å². The molecule has 3 aromatic rings. The Balaban J connectivity index is 2.71. The van der Waals surface area contributed by atoms with Crippen LogP contribution in [0.3, 0.4) is 0 Å². The van der Waals surface area contributed by atoms with Crippen molar-refractivity contribution < 1.29 is 0 Å². The van der Waals surface area contributed by atoms with Gasteiger partial charge in [-0.05, 0) is 6.07 Å². The second kappa shape index (κ2) is 1.85. The molecule has 0 unspecified atom stereocenters. The van der Waals surface area contributed by atoms with Gasteiger partial charge in [-0.25, -0.2) is 9.50 Å². The van der Waals surface area contributed by atoms with Crippen LogP contribution in [-0.2, 0) is 0 Å². The number of hydrogen-bond acceptors (Lipinski definition) is 2. The number of aromatic amines is 1. The molecule has 3 heterocycles. The number of nitrogens with zero attached hydrogens (tertiary/aromatic N) is 3. The number of hydrogen-bond donors (Lipinski definition) is 1. The fraction of sp³-hybridized carbons (Fsp3) is 0. The molecule has 0 amide bonds. The second-order valence-electron chi connectivity index (χ2n) is 2.64. The first-order valence-electron chi connectivity index (χ1n) is 3.71. The van der Waals surface area contributed by atoms with E-state index in [4.69, 9.17) is 0 Å². The molecule has 1 N–H and O–H groups in total. The minimum absolute atomic E-state index is 0.877. The van der Waals surface area contributed by atoms with Crippen LogP contribution in [-0.4, -0.2) is 19.6 Å². The zero-order chi connectivity index (χ0) is 7.97. The lowest BCUT2D eigenvalue weighted by molar-refractivity contribution is 0.984. The molecule has 12 heavy (non-hydrogen) atoms. The van der Waals surface area contributed by atoms with E-state index < -0.39 is 0 Å². The summed E-state index contributed by atoms with van der Waals surface area (Å²) in [5.74, 6) is 0. The van der Waals surface area contributed by atoms with Gasteiger partial charge in [-0.2, -0.15) is 5.10 Å². The Morgan fingerprint density at radius 1 is 1.33 bits per heavy atom. The highest BCUT2D eigenvalue weighted by atomic mass is 15.2. The van der Waals surface area contributed by atoms with E-state index in [0.29, 0.717) is 0 Å². The standard InChI is InChI=1S/C8H6N4/c1-3-9-6-5-10-8-2-4-11-12(8)7(1)6/h1-5,9H. The van der Waals surface area contributed by atoms with Gasteiger partial charge in [0.25, 0.3) is 0 Å². The topological polar surface area (TPSA) is 46.0 Å². The first kappa shape index (κ1) is 5.77. The van der Waals surface area contributed by atoms with E-state index in [-0.39, 0.29) is 0 Å². The molecule has 4 nitrogen and oxygen atoms in total. The summed E-state index contributed by atoms with van der Waals surface area (Å²) in [6.45, 7) is 0. The number of H-pyrrole nitrogens is 1. The van der Waals surface area contributed by atoms with Crippen molar-refractivity contribution in [2.24, 2.45) is 0 Å². The van der Waals surface area contributed by atoms with Crippen LogP contribution >= 0.6 is 0 Å². The quantitative estimate of drug-likeness (QED) is 0.534. The summed E-state index contributed by atoms with van der Waals surface area (Å²) in [7, 11) is 0. The van der Waals surface area contributed by atoms with Crippen LogP contribution in [0.25, 0.3) is 16.7 Å². The summed E-state index contributed by atoms with van der Waals surface area (Å²) >= 11 is 0. The average molecular weight is 158 g/mol. The molecule has 3 rings (SSSR count). The Hall–Kier alpha value is -1.84. The van der Waals surface area contributed by atoms with Gasteiger partial charge in [0.1, 0.15) is 0 Å². The van der Waals surface area contributed by atoms with Crippen LogP contribution in [0, 0.1) is 0 Å². The van der Waals surface area contributed by atoms with Gasteiger partial charge < -0.3 is 4.98 Å². The Labute approximate surface area is 67.8 Å². The minimum atomic E-state index is 0.877. The molecule has 4 heteroatoms. The van der Waals surface area contributed by atoms with Gasteiger partial charge in [0.2, 0.25) is 0 Å². The molecule has 0 saturated heterocycles. The van der Waals surface area contributed by atoms with Crippen molar-refractivity contribution in [3.05, 3.63) is 30.7 Å². The summed E-state index contributed by atoms with van der Waals surface area (Å²) in [6.07, 6.45) is 5.44. The van der Waals surface area contributed by atoms with Gasteiger partial charge in [-0.1, -0.05) is 0 Å². The molecule has 58 valence electrons. The maximum Gasteiger partial charge on any atom is 0.155 e. The van der Waals surface area contributed by atoms with Gasteiger partial charge >= 0.3 is 0 Å². The molecule has 0 saturated carbocycles. The molecule has 0 radical (unpaired) electrons. The monoisotopic (exact) mass is 158 g/mol. The second-order valence-corrected chi connectivity index (χ2v) is 2.64. The van der Waals surface area contributed by atoms with E-state index >= 15 is 0 Å². The highest BCUT2D eigenvalue weighted by Gasteiger charge is 2.00. The van der Waals surface area contributed by atoms with Crippen molar-refractivity contribution in [2.45, 2.75) is 0 Å². The van der Waals surface area contributed by atoms with Crippen molar-refractivity contribution >= 4 is 16.7 Å². The fourth-order valence-corrected chi connectivity index (χ4v) is 1.37. The summed E-state index contributed by atoms with van der Waals surface area (Å²) in [5, 5.41) is 4.15. The average Bonchev–Trinajstić information content (AvgIpc) is 2.71. The molecule has 0 spiro atoms. The summed E-state index contributed by atoms with van der Waals surface area (Å²) in [6, 6.07) is 3.86. The molecule has 0 aliphatic carbocycles. The molecular weight excluding hydrogens is 152 g/mol. The van der Waals surface area contributed by atoms with E-state index in [0.717, 1.165) is 16.7 Å². The molecule has 0 atom stereocenters. The van der Waals surface area contributed by atoms with Gasteiger partial charge in [0.15, 0.2) is 5.65 Å². The van der Waals surface area contributed by atoms with Gasteiger partial charge in [0.05, 0.1) is 23.4 Å². The summed E-state index contributed by atoms with van der Waals surface area (Å²) in [5.41, 5.74) is 2.94. The largest absolute Gasteiger partial charge is 0.359 e. The highest BCUT2D eigenvalue weighted by molar-refractivity contribution is 5.76. The van der Waals surface area contributed by atoms with E-state index in [2.05, 4.69) is 15.1 Å². The van der Waals surface area contributed by atoms with Crippen LogP contribution in [0.2, 0.25) is 0 Å². The van der Waals surface area contributed by atoms with Crippen molar-refractivity contribution in [1.82, 2.24) is 19.6 Å². The first-order chi connectivity index (χ1) is 5.95. The highest BCUT2D eigenvalue weighted by Crippen LogP contribution is 2.11.